The molecule has 0 saturated carbocycles. The average Bonchev–Trinajstić information content (AvgIpc) is 2.98. The third-order valence-corrected chi connectivity index (χ3v) is 4.56. The molecule has 2 heterocycles. The summed E-state index contributed by atoms with van der Waals surface area (Å²) in [6.45, 7) is 7.70. The smallest absolute Gasteiger partial charge is 0.208 e. The summed E-state index contributed by atoms with van der Waals surface area (Å²) < 4.78 is 0. The van der Waals surface area contributed by atoms with Gasteiger partial charge >= 0.3 is 0 Å². The van der Waals surface area contributed by atoms with Crippen molar-refractivity contribution < 1.29 is 0 Å². The largest absolute Gasteiger partial charge is 0.344 e. The lowest BCUT2D eigenvalue weighted by Crippen LogP contribution is -2.46. The summed E-state index contributed by atoms with van der Waals surface area (Å²) in [5.41, 5.74) is 1.15. The van der Waals surface area contributed by atoms with Crippen LogP contribution in [0, 0.1) is 0 Å². The number of piperazine rings is 1. The summed E-state index contributed by atoms with van der Waals surface area (Å²) in [5, 5.41) is 10.7. The van der Waals surface area contributed by atoms with E-state index in [0.29, 0.717) is 0 Å². The molecule has 100 valence electrons. The van der Waals surface area contributed by atoms with Gasteiger partial charge in [0, 0.05) is 31.7 Å². The lowest BCUT2D eigenvalue weighted by atomic mass is 10.2. The Morgan fingerprint density at radius 3 is 2.47 bits per heavy atom. The van der Waals surface area contributed by atoms with Crippen LogP contribution in [0.25, 0.3) is 10.6 Å². The standard InChI is InChI=1S/C14H18N4S/c1-2-17-8-10-18(11-9-17)14-16-15-13(19-14)12-6-4-3-5-7-12/h3-7H,2,8-11H2,1H3. The van der Waals surface area contributed by atoms with Crippen LogP contribution in [-0.4, -0.2) is 47.8 Å². The minimum Gasteiger partial charge on any atom is -0.344 e. The van der Waals surface area contributed by atoms with Crippen molar-refractivity contribution in [3.05, 3.63) is 30.3 Å². The second-order valence-corrected chi connectivity index (χ2v) is 5.63. The molecule has 1 aliphatic heterocycles. The van der Waals surface area contributed by atoms with Crippen molar-refractivity contribution >= 4 is 16.5 Å². The molecule has 0 unspecified atom stereocenters. The molecule has 1 aromatic heterocycles. The highest BCUT2D eigenvalue weighted by Crippen LogP contribution is 2.28. The maximum Gasteiger partial charge on any atom is 0.208 e. The Hall–Kier alpha value is -1.46. The molecule has 1 fully saturated rings. The Balaban J connectivity index is 1.72. The van der Waals surface area contributed by atoms with Gasteiger partial charge in [-0.1, -0.05) is 48.6 Å². The van der Waals surface area contributed by atoms with E-state index < -0.39 is 0 Å². The number of benzene rings is 1. The number of aromatic nitrogens is 2. The Bertz CT molecular complexity index is 517. The van der Waals surface area contributed by atoms with Crippen molar-refractivity contribution in [3.63, 3.8) is 0 Å². The number of rotatable bonds is 3. The van der Waals surface area contributed by atoms with Crippen molar-refractivity contribution in [1.29, 1.82) is 0 Å². The summed E-state index contributed by atoms with van der Waals surface area (Å²) in [7, 11) is 0. The molecule has 4 nitrogen and oxygen atoms in total. The van der Waals surface area contributed by atoms with Crippen LogP contribution in [0.2, 0.25) is 0 Å². The summed E-state index contributed by atoms with van der Waals surface area (Å²) >= 11 is 1.69. The van der Waals surface area contributed by atoms with E-state index in [4.69, 9.17) is 0 Å². The molecular weight excluding hydrogens is 256 g/mol. The topological polar surface area (TPSA) is 32.3 Å². The van der Waals surface area contributed by atoms with Crippen molar-refractivity contribution in [2.24, 2.45) is 0 Å². The number of nitrogens with zero attached hydrogens (tertiary/aromatic N) is 4. The molecular formula is C14H18N4S. The SMILES string of the molecule is CCN1CCN(c2nnc(-c3ccccc3)s2)CC1. The molecule has 2 aromatic rings. The molecule has 1 aromatic carbocycles. The van der Waals surface area contributed by atoms with Crippen LogP contribution in [0.4, 0.5) is 5.13 Å². The fourth-order valence-electron chi connectivity index (χ4n) is 2.30. The van der Waals surface area contributed by atoms with Gasteiger partial charge in [0.2, 0.25) is 5.13 Å². The summed E-state index contributed by atoms with van der Waals surface area (Å²) in [5.74, 6) is 0. The highest BCUT2D eigenvalue weighted by atomic mass is 32.1. The second kappa shape index (κ2) is 5.67. The quantitative estimate of drug-likeness (QED) is 0.860. The average molecular weight is 274 g/mol. The zero-order valence-electron chi connectivity index (χ0n) is 11.1. The van der Waals surface area contributed by atoms with E-state index >= 15 is 0 Å². The van der Waals surface area contributed by atoms with Crippen LogP contribution >= 0.6 is 11.3 Å². The summed E-state index contributed by atoms with van der Waals surface area (Å²) in [4.78, 5) is 4.81. The van der Waals surface area contributed by atoms with Crippen molar-refractivity contribution in [2.45, 2.75) is 6.92 Å². The zero-order chi connectivity index (χ0) is 13.1. The minimum atomic E-state index is 1.01. The Kier molecular flexibility index (Phi) is 3.75. The highest BCUT2D eigenvalue weighted by Gasteiger charge is 2.19. The molecule has 3 rings (SSSR count). The normalized spacial score (nSPS) is 16.8. The molecule has 0 bridgehead atoms. The first-order valence-corrected chi connectivity index (χ1v) is 7.54. The van der Waals surface area contributed by atoms with Gasteiger partial charge in [-0.2, -0.15) is 0 Å². The van der Waals surface area contributed by atoms with E-state index in [1.54, 1.807) is 11.3 Å². The van der Waals surface area contributed by atoms with Crippen LogP contribution in [0.15, 0.2) is 30.3 Å². The lowest BCUT2D eigenvalue weighted by molar-refractivity contribution is 0.271. The van der Waals surface area contributed by atoms with Crippen LogP contribution < -0.4 is 4.90 Å². The first kappa shape index (κ1) is 12.6. The van der Waals surface area contributed by atoms with E-state index in [-0.39, 0.29) is 0 Å². The lowest BCUT2D eigenvalue weighted by Gasteiger charge is -2.33. The maximum atomic E-state index is 4.34. The Morgan fingerprint density at radius 2 is 1.79 bits per heavy atom. The molecule has 0 spiro atoms. The molecule has 1 aliphatic rings. The molecule has 19 heavy (non-hydrogen) atoms. The number of hydrogen-bond acceptors (Lipinski definition) is 5. The first-order valence-electron chi connectivity index (χ1n) is 6.73. The first-order chi connectivity index (χ1) is 9.36. The predicted molar refractivity (Wildman–Crippen MR) is 79.7 cm³/mol. The minimum absolute atomic E-state index is 1.01. The van der Waals surface area contributed by atoms with Gasteiger partial charge in [0.15, 0.2) is 0 Å². The molecule has 0 aliphatic carbocycles. The van der Waals surface area contributed by atoms with E-state index in [9.17, 15) is 0 Å². The van der Waals surface area contributed by atoms with E-state index in [0.717, 1.165) is 48.4 Å². The van der Waals surface area contributed by atoms with Gasteiger partial charge in [0.1, 0.15) is 5.01 Å². The van der Waals surface area contributed by atoms with E-state index in [2.05, 4.69) is 39.1 Å². The molecule has 0 amide bonds. The van der Waals surface area contributed by atoms with E-state index in [1.807, 2.05) is 18.2 Å². The highest BCUT2D eigenvalue weighted by molar-refractivity contribution is 7.18. The Labute approximate surface area is 117 Å². The van der Waals surface area contributed by atoms with Gasteiger partial charge in [-0.25, -0.2) is 0 Å². The summed E-state index contributed by atoms with van der Waals surface area (Å²) in [6.07, 6.45) is 0. The van der Waals surface area contributed by atoms with Gasteiger partial charge in [0.25, 0.3) is 0 Å². The summed E-state index contributed by atoms with van der Waals surface area (Å²) in [6, 6.07) is 10.3. The third kappa shape index (κ3) is 2.77. The monoisotopic (exact) mass is 274 g/mol. The Morgan fingerprint density at radius 1 is 1.05 bits per heavy atom. The number of anilines is 1. The van der Waals surface area contributed by atoms with Gasteiger partial charge in [-0.3, -0.25) is 0 Å². The van der Waals surface area contributed by atoms with Crippen LogP contribution in [0.1, 0.15) is 6.92 Å². The van der Waals surface area contributed by atoms with E-state index in [1.165, 1.54) is 0 Å². The van der Waals surface area contributed by atoms with Crippen LogP contribution in [-0.2, 0) is 0 Å². The van der Waals surface area contributed by atoms with Gasteiger partial charge in [-0.15, -0.1) is 10.2 Å². The third-order valence-electron chi connectivity index (χ3n) is 3.53. The maximum absolute atomic E-state index is 4.34. The molecule has 0 radical (unpaired) electrons. The second-order valence-electron chi connectivity index (χ2n) is 4.68. The molecule has 5 heteroatoms. The van der Waals surface area contributed by atoms with Gasteiger partial charge < -0.3 is 9.80 Å². The van der Waals surface area contributed by atoms with Crippen molar-refractivity contribution in [3.8, 4) is 10.6 Å². The molecule has 0 N–H and O–H groups in total. The van der Waals surface area contributed by atoms with Crippen LogP contribution in [0.5, 0.6) is 0 Å². The fraction of sp³-hybridized carbons (Fsp3) is 0.429. The van der Waals surface area contributed by atoms with Crippen molar-refractivity contribution in [1.82, 2.24) is 15.1 Å². The zero-order valence-corrected chi connectivity index (χ0v) is 11.9. The number of hydrogen-bond donors (Lipinski definition) is 0. The van der Waals surface area contributed by atoms with Gasteiger partial charge in [0.05, 0.1) is 0 Å². The van der Waals surface area contributed by atoms with Crippen LogP contribution in [0.3, 0.4) is 0 Å². The fourth-order valence-corrected chi connectivity index (χ4v) is 3.20. The molecule has 0 atom stereocenters. The molecule has 1 saturated heterocycles. The predicted octanol–water partition coefficient (Wildman–Crippen LogP) is 2.35. The number of likely N-dealkylation sites (N-methyl/N-ethyl adjacent to an activating group) is 1. The van der Waals surface area contributed by atoms with Gasteiger partial charge in [-0.05, 0) is 6.54 Å². The van der Waals surface area contributed by atoms with Crippen molar-refractivity contribution in [2.75, 3.05) is 37.6 Å².